The molecule has 0 bridgehead atoms. The number of hydrogen-bond donors (Lipinski definition) is 2. The molecule has 0 aliphatic heterocycles. The number of carboxylic acids is 1. The zero-order chi connectivity index (χ0) is 22.5. The molecule has 0 amide bonds. The third-order valence-corrected chi connectivity index (χ3v) is 5.59. The third kappa shape index (κ3) is 4.82. The van der Waals surface area contributed by atoms with Crippen LogP contribution in [0.15, 0.2) is 44.3 Å². The van der Waals surface area contributed by atoms with Crippen LogP contribution in [0.2, 0.25) is 0 Å². The summed E-state index contributed by atoms with van der Waals surface area (Å²) in [7, 11) is 1.55. The maximum absolute atomic E-state index is 11.2. The van der Waals surface area contributed by atoms with Crippen molar-refractivity contribution in [3.8, 4) is 17.4 Å². The van der Waals surface area contributed by atoms with Crippen LogP contribution in [-0.2, 0) is 11.3 Å². The van der Waals surface area contributed by atoms with E-state index in [4.69, 9.17) is 9.15 Å². The first kappa shape index (κ1) is 22.2. The molecule has 2 N–H and O–H groups in total. The number of aromatic carboxylic acids is 1. The number of aromatic nitrogens is 1. The maximum atomic E-state index is 11.2. The molecule has 9 heteroatoms. The molecule has 2 aromatic heterocycles. The molecule has 3 aromatic rings. The van der Waals surface area contributed by atoms with Gasteiger partial charge in [0.15, 0.2) is 5.82 Å². The summed E-state index contributed by atoms with van der Waals surface area (Å²) in [4.78, 5) is 15.6. The summed E-state index contributed by atoms with van der Waals surface area (Å²) in [5.41, 5.74) is 6.25. The van der Waals surface area contributed by atoms with Crippen LogP contribution in [0.1, 0.15) is 38.5 Å². The van der Waals surface area contributed by atoms with Crippen LogP contribution in [0.4, 0.5) is 5.82 Å². The summed E-state index contributed by atoms with van der Waals surface area (Å²) in [5, 5.41) is 22.9. The van der Waals surface area contributed by atoms with Crippen molar-refractivity contribution in [1.29, 1.82) is 5.26 Å². The number of benzene rings is 1. The minimum atomic E-state index is -1.00. The summed E-state index contributed by atoms with van der Waals surface area (Å²) >= 11 is 3.45. The Morgan fingerprint density at radius 1 is 1.39 bits per heavy atom. The average molecular weight is 483 g/mol. The van der Waals surface area contributed by atoms with Crippen molar-refractivity contribution in [2.24, 2.45) is 5.10 Å². The molecule has 0 saturated heterocycles. The van der Waals surface area contributed by atoms with Crippen LogP contribution in [0.25, 0.3) is 11.3 Å². The lowest BCUT2D eigenvalue weighted by Crippen LogP contribution is -2.05. The molecular formula is C22H19BrN4O4. The summed E-state index contributed by atoms with van der Waals surface area (Å²) in [6.45, 7) is 3.94. The van der Waals surface area contributed by atoms with E-state index in [0.717, 1.165) is 10.0 Å². The number of nitriles is 1. The number of halogens is 1. The number of rotatable bonds is 7. The second kappa shape index (κ2) is 9.55. The predicted octanol–water partition coefficient (Wildman–Crippen LogP) is 4.88. The molecule has 0 spiro atoms. The fourth-order valence-corrected chi connectivity index (χ4v) is 3.37. The fourth-order valence-electron chi connectivity index (χ4n) is 2.97. The fraction of sp³-hybridized carbons (Fsp3) is 0.182. The lowest BCUT2D eigenvalue weighted by atomic mass is 10.0. The SMILES string of the molecule is COCc1c(Br)c(C)nc(N/N=C/c2ccc(-c3cc(C(=O)O)ccc3C)o2)c1C#N. The number of anilines is 1. The molecule has 3 rings (SSSR count). The smallest absolute Gasteiger partial charge is 0.335 e. The molecular weight excluding hydrogens is 464 g/mol. The van der Waals surface area contributed by atoms with Gasteiger partial charge in [-0.25, -0.2) is 9.78 Å². The topological polar surface area (TPSA) is 121 Å². The Labute approximate surface area is 187 Å². The van der Waals surface area contributed by atoms with Gasteiger partial charge >= 0.3 is 5.97 Å². The standard InChI is InChI=1S/C22H19BrN4O4/c1-12-4-5-14(22(28)29)8-16(12)19-7-6-15(31-19)10-25-27-21-17(9-24)18(11-30-3)20(23)13(2)26-21/h4-8,10H,11H2,1-3H3,(H,26,27)(H,28,29)/b25-10+. The van der Waals surface area contributed by atoms with Crippen molar-refractivity contribution in [2.75, 3.05) is 12.5 Å². The molecule has 0 aliphatic carbocycles. The van der Waals surface area contributed by atoms with E-state index in [2.05, 4.69) is 37.5 Å². The Morgan fingerprint density at radius 2 is 2.16 bits per heavy atom. The van der Waals surface area contributed by atoms with Gasteiger partial charge in [0.05, 0.1) is 24.1 Å². The van der Waals surface area contributed by atoms with Crippen molar-refractivity contribution in [1.82, 2.24) is 4.98 Å². The van der Waals surface area contributed by atoms with Gasteiger partial charge in [-0.2, -0.15) is 10.4 Å². The van der Waals surface area contributed by atoms with Gasteiger partial charge in [-0.05, 0) is 59.6 Å². The molecule has 158 valence electrons. The molecule has 0 unspecified atom stereocenters. The highest BCUT2D eigenvalue weighted by Crippen LogP contribution is 2.29. The van der Waals surface area contributed by atoms with Crippen LogP contribution >= 0.6 is 15.9 Å². The number of aryl methyl sites for hydroxylation is 2. The van der Waals surface area contributed by atoms with Gasteiger partial charge in [0.1, 0.15) is 23.2 Å². The zero-order valence-corrected chi connectivity index (χ0v) is 18.6. The van der Waals surface area contributed by atoms with E-state index in [9.17, 15) is 15.2 Å². The van der Waals surface area contributed by atoms with Gasteiger partial charge in [0, 0.05) is 22.7 Å². The van der Waals surface area contributed by atoms with Crippen molar-refractivity contribution >= 4 is 33.9 Å². The highest BCUT2D eigenvalue weighted by Gasteiger charge is 2.16. The zero-order valence-electron chi connectivity index (χ0n) is 17.1. The van der Waals surface area contributed by atoms with Crippen molar-refractivity contribution in [3.05, 3.63) is 68.5 Å². The number of nitrogens with zero attached hydrogens (tertiary/aromatic N) is 3. The first-order chi connectivity index (χ1) is 14.8. The molecule has 8 nitrogen and oxygen atoms in total. The maximum Gasteiger partial charge on any atom is 0.335 e. The van der Waals surface area contributed by atoms with Gasteiger partial charge < -0.3 is 14.3 Å². The molecule has 0 saturated carbocycles. The number of ether oxygens (including phenoxy) is 1. The number of carboxylic acid groups (broad SMARTS) is 1. The van der Waals surface area contributed by atoms with Crippen LogP contribution < -0.4 is 5.43 Å². The lowest BCUT2D eigenvalue weighted by Gasteiger charge is -2.12. The molecule has 0 aliphatic rings. The van der Waals surface area contributed by atoms with E-state index in [0.29, 0.717) is 39.7 Å². The van der Waals surface area contributed by atoms with Gasteiger partial charge in [-0.15, -0.1) is 0 Å². The molecule has 0 atom stereocenters. The molecule has 0 radical (unpaired) electrons. The van der Waals surface area contributed by atoms with Gasteiger partial charge in [0.25, 0.3) is 0 Å². The Kier molecular flexibility index (Phi) is 6.84. The van der Waals surface area contributed by atoms with Crippen molar-refractivity contribution < 1.29 is 19.1 Å². The first-order valence-corrected chi connectivity index (χ1v) is 9.96. The van der Waals surface area contributed by atoms with Crippen molar-refractivity contribution in [3.63, 3.8) is 0 Å². The Hall–Kier alpha value is -3.48. The second-order valence-corrected chi connectivity index (χ2v) is 7.46. The second-order valence-electron chi connectivity index (χ2n) is 6.67. The monoisotopic (exact) mass is 482 g/mol. The number of hydrazone groups is 1. The summed E-state index contributed by atoms with van der Waals surface area (Å²) < 4.78 is 11.7. The van der Waals surface area contributed by atoms with E-state index in [1.54, 1.807) is 37.4 Å². The van der Waals surface area contributed by atoms with E-state index in [-0.39, 0.29) is 12.2 Å². The van der Waals surface area contributed by atoms with Crippen LogP contribution in [0.3, 0.4) is 0 Å². The quantitative estimate of drug-likeness (QED) is 0.363. The number of hydrogen-bond acceptors (Lipinski definition) is 7. The van der Waals surface area contributed by atoms with Crippen LogP contribution in [-0.4, -0.2) is 29.4 Å². The highest BCUT2D eigenvalue weighted by atomic mass is 79.9. The Balaban J connectivity index is 1.85. The van der Waals surface area contributed by atoms with E-state index < -0.39 is 5.97 Å². The summed E-state index contributed by atoms with van der Waals surface area (Å²) in [5.74, 6) is 0.285. The summed E-state index contributed by atoms with van der Waals surface area (Å²) in [6, 6.07) is 10.4. The largest absolute Gasteiger partial charge is 0.478 e. The number of carbonyl (C=O) groups is 1. The van der Waals surface area contributed by atoms with Crippen LogP contribution in [0, 0.1) is 25.2 Å². The van der Waals surface area contributed by atoms with Gasteiger partial charge in [0.2, 0.25) is 0 Å². The number of furan rings is 1. The van der Waals surface area contributed by atoms with E-state index in [1.807, 2.05) is 13.8 Å². The van der Waals surface area contributed by atoms with E-state index >= 15 is 0 Å². The number of nitrogens with one attached hydrogen (secondary N) is 1. The lowest BCUT2D eigenvalue weighted by molar-refractivity contribution is 0.0697. The average Bonchev–Trinajstić information content (AvgIpc) is 3.20. The predicted molar refractivity (Wildman–Crippen MR) is 119 cm³/mol. The normalized spacial score (nSPS) is 10.9. The Morgan fingerprint density at radius 3 is 2.84 bits per heavy atom. The number of pyridine rings is 1. The first-order valence-electron chi connectivity index (χ1n) is 9.17. The Bertz CT molecular complexity index is 1210. The minimum absolute atomic E-state index is 0.182. The van der Waals surface area contributed by atoms with Gasteiger partial charge in [-0.3, -0.25) is 5.43 Å². The van der Waals surface area contributed by atoms with Gasteiger partial charge in [-0.1, -0.05) is 6.07 Å². The molecule has 1 aromatic carbocycles. The van der Waals surface area contributed by atoms with Crippen molar-refractivity contribution in [2.45, 2.75) is 20.5 Å². The van der Waals surface area contributed by atoms with Crippen LogP contribution in [0.5, 0.6) is 0 Å². The third-order valence-electron chi connectivity index (χ3n) is 4.54. The molecule has 31 heavy (non-hydrogen) atoms. The molecule has 0 fully saturated rings. The number of methoxy groups -OCH3 is 1. The highest BCUT2D eigenvalue weighted by molar-refractivity contribution is 9.10. The molecule has 2 heterocycles. The van der Waals surface area contributed by atoms with E-state index in [1.165, 1.54) is 6.21 Å². The minimum Gasteiger partial charge on any atom is -0.478 e. The summed E-state index contributed by atoms with van der Waals surface area (Å²) in [6.07, 6.45) is 1.45.